The number of amides is 2. The summed E-state index contributed by atoms with van der Waals surface area (Å²) in [5.41, 5.74) is -0.100. The number of fused-ring (bicyclic) bond motifs is 3. The first-order chi connectivity index (χ1) is 25.1. The monoisotopic (exact) mass is 731 g/mol. The van der Waals surface area contributed by atoms with E-state index in [-0.39, 0.29) is 36.9 Å². The molecule has 2 aromatic heterocycles. The standard InChI is InChI=1S/C39H49N5O7S/c1-23(2)40-34-22-52-36(42-34)30-19-33(28-16-15-26(49-3)17-29(28)41-30)51-27-18-31-35(45)43-39(38(47)48)20-24(39)11-7-5-4-6-8-14-32(37(46)44(31)21-27)50-25-12-9-10-13-25/h7,11,15-17,19,22-25,27,31-32,40H,4-6,8-10,12-14,18,20-21H2,1-3H3,(H,43,45)(H,47,48)/b11-7+. The summed E-state index contributed by atoms with van der Waals surface area (Å²) < 4.78 is 18.8. The summed E-state index contributed by atoms with van der Waals surface area (Å²) in [7, 11) is 1.60. The van der Waals surface area contributed by atoms with Crippen LogP contribution in [0.2, 0.25) is 0 Å². The molecule has 5 atom stereocenters. The van der Waals surface area contributed by atoms with Gasteiger partial charge in [0.25, 0.3) is 5.91 Å². The van der Waals surface area contributed by atoms with Crippen molar-refractivity contribution in [2.45, 2.75) is 120 Å². The zero-order chi connectivity index (χ0) is 36.4. The van der Waals surface area contributed by atoms with Gasteiger partial charge in [0.05, 0.1) is 25.3 Å². The van der Waals surface area contributed by atoms with Crippen LogP contribution in [0.4, 0.5) is 5.82 Å². The lowest BCUT2D eigenvalue weighted by Gasteiger charge is -2.30. The number of allylic oxidation sites excluding steroid dienone is 1. The molecule has 1 aromatic carbocycles. The van der Waals surface area contributed by atoms with Gasteiger partial charge in [-0.25, -0.2) is 14.8 Å². The quantitative estimate of drug-likeness (QED) is 0.213. The third-order valence-corrected chi connectivity index (χ3v) is 11.5. The molecule has 2 aliphatic heterocycles. The number of nitrogens with one attached hydrogen (secondary N) is 2. The molecule has 2 amide bonds. The van der Waals surface area contributed by atoms with Crippen molar-refractivity contribution in [2.75, 3.05) is 19.0 Å². The summed E-state index contributed by atoms with van der Waals surface area (Å²) >= 11 is 1.47. The summed E-state index contributed by atoms with van der Waals surface area (Å²) in [5, 5.41) is 19.9. The van der Waals surface area contributed by atoms with Crippen molar-refractivity contribution in [2.24, 2.45) is 5.92 Å². The molecule has 1 saturated heterocycles. The van der Waals surface area contributed by atoms with Gasteiger partial charge >= 0.3 is 5.97 Å². The van der Waals surface area contributed by atoms with E-state index in [4.69, 9.17) is 24.2 Å². The Kier molecular flexibility index (Phi) is 10.7. The van der Waals surface area contributed by atoms with Crippen molar-refractivity contribution >= 4 is 45.8 Å². The highest BCUT2D eigenvalue weighted by Gasteiger charge is 2.61. The van der Waals surface area contributed by atoms with E-state index in [0.717, 1.165) is 62.6 Å². The average molecular weight is 732 g/mol. The van der Waals surface area contributed by atoms with Gasteiger partial charge in [-0.2, -0.15) is 0 Å². The minimum Gasteiger partial charge on any atom is -0.497 e. The second kappa shape index (κ2) is 15.4. The van der Waals surface area contributed by atoms with Crippen molar-refractivity contribution in [3.63, 3.8) is 0 Å². The Morgan fingerprint density at radius 3 is 2.65 bits per heavy atom. The number of carbonyl (C=O) groups excluding carboxylic acids is 2. The fourth-order valence-electron chi connectivity index (χ4n) is 7.81. The third-order valence-electron chi connectivity index (χ3n) is 10.7. The normalized spacial score (nSPS) is 27.7. The molecule has 4 heterocycles. The number of pyridine rings is 1. The first kappa shape index (κ1) is 36.1. The van der Waals surface area contributed by atoms with E-state index in [1.165, 1.54) is 11.3 Å². The number of carbonyl (C=O) groups is 3. The van der Waals surface area contributed by atoms with Crippen LogP contribution in [0.25, 0.3) is 21.6 Å². The number of aliphatic carboxylic acids is 1. The highest BCUT2D eigenvalue weighted by atomic mass is 32.1. The summed E-state index contributed by atoms with van der Waals surface area (Å²) in [5.74, 6) is -0.123. The van der Waals surface area contributed by atoms with Gasteiger partial charge in [0.1, 0.15) is 51.8 Å². The van der Waals surface area contributed by atoms with E-state index < -0.39 is 35.7 Å². The molecule has 0 radical (unpaired) electrons. The Morgan fingerprint density at radius 1 is 1.08 bits per heavy atom. The number of ether oxygens (including phenoxy) is 3. The molecular weight excluding hydrogens is 683 g/mol. The molecule has 0 spiro atoms. The lowest BCUT2D eigenvalue weighted by atomic mass is 10.1. The van der Waals surface area contributed by atoms with Gasteiger partial charge in [0, 0.05) is 41.3 Å². The number of nitrogens with zero attached hydrogens (tertiary/aromatic N) is 3. The number of benzene rings is 1. The Balaban J connectivity index is 1.21. The van der Waals surface area contributed by atoms with E-state index in [2.05, 4.69) is 24.5 Å². The molecule has 4 aliphatic rings. The number of carboxylic acids is 1. The predicted octanol–water partition coefficient (Wildman–Crippen LogP) is 6.34. The molecule has 5 unspecified atom stereocenters. The number of carboxylic acid groups (broad SMARTS) is 1. The first-order valence-corrected chi connectivity index (χ1v) is 19.6. The summed E-state index contributed by atoms with van der Waals surface area (Å²) in [6.07, 6.45) is 11.3. The van der Waals surface area contributed by atoms with Gasteiger partial charge in [0.15, 0.2) is 0 Å². The molecule has 2 saturated carbocycles. The van der Waals surface area contributed by atoms with Crippen molar-refractivity contribution in [1.29, 1.82) is 0 Å². The van der Waals surface area contributed by atoms with E-state index in [9.17, 15) is 19.5 Å². The molecular formula is C39H49N5O7S. The van der Waals surface area contributed by atoms with E-state index in [1.54, 1.807) is 12.0 Å². The molecule has 3 fully saturated rings. The predicted molar refractivity (Wildman–Crippen MR) is 199 cm³/mol. The molecule has 7 rings (SSSR count). The molecule has 278 valence electrons. The van der Waals surface area contributed by atoms with Crippen LogP contribution in [0.3, 0.4) is 0 Å². The maximum Gasteiger partial charge on any atom is 0.330 e. The van der Waals surface area contributed by atoms with Gasteiger partial charge in [-0.1, -0.05) is 37.8 Å². The van der Waals surface area contributed by atoms with Gasteiger partial charge < -0.3 is 34.9 Å². The zero-order valence-electron chi connectivity index (χ0n) is 30.1. The number of anilines is 1. The van der Waals surface area contributed by atoms with Crippen molar-refractivity contribution < 1.29 is 33.7 Å². The smallest absolute Gasteiger partial charge is 0.330 e. The number of rotatable bonds is 9. The van der Waals surface area contributed by atoms with Crippen LogP contribution in [-0.4, -0.2) is 87.3 Å². The first-order valence-electron chi connectivity index (χ1n) is 18.7. The van der Waals surface area contributed by atoms with E-state index >= 15 is 0 Å². The van der Waals surface area contributed by atoms with Crippen molar-refractivity contribution in [3.8, 4) is 22.2 Å². The van der Waals surface area contributed by atoms with Crippen molar-refractivity contribution in [1.82, 2.24) is 20.2 Å². The van der Waals surface area contributed by atoms with Gasteiger partial charge in [-0.05, 0) is 64.5 Å². The minimum atomic E-state index is -1.38. The SMILES string of the molecule is COc1ccc2c(OC3CC4C(=O)NC5(C(=O)O)CC5/C=C/CCCCCC(OC5CCCC5)C(=O)N4C3)cc(-c3nc(NC(C)C)cs3)nc2c1. The van der Waals surface area contributed by atoms with Crippen LogP contribution in [0.1, 0.15) is 84.5 Å². The molecule has 13 heteroatoms. The van der Waals surface area contributed by atoms with Crippen LogP contribution in [-0.2, 0) is 19.1 Å². The maximum atomic E-state index is 14.5. The summed E-state index contributed by atoms with van der Waals surface area (Å²) in [6.45, 7) is 4.26. The average Bonchev–Trinajstić information content (AvgIpc) is 3.56. The molecule has 52 heavy (non-hydrogen) atoms. The van der Waals surface area contributed by atoms with Gasteiger partial charge in [-0.15, -0.1) is 11.3 Å². The van der Waals surface area contributed by atoms with Crippen LogP contribution >= 0.6 is 11.3 Å². The van der Waals surface area contributed by atoms with Gasteiger partial charge in [0.2, 0.25) is 5.91 Å². The summed E-state index contributed by atoms with van der Waals surface area (Å²) in [4.78, 5) is 52.5. The largest absolute Gasteiger partial charge is 0.497 e. The highest BCUT2D eigenvalue weighted by Crippen LogP contribution is 2.46. The minimum absolute atomic E-state index is 0.0177. The fourth-order valence-corrected chi connectivity index (χ4v) is 8.53. The Morgan fingerprint density at radius 2 is 1.88 bits per heavy atom. The molecule has 12 nitrogen and oxygen atoms in total. The Bertz CT molecular complexity index is 1820. The Hall–Kier alpha value is -4.23. The van der Waals surface area contributed by atoms with E-state index in [1.807, 2.05) is 41.8 Å². The topological polar surface area (TPSA) is 152 Å². The fraction of sp³-hybridized carbons (Fsp3) is 0.564. The Labute approximate surface area is 308 Å². The van der Waals surface area contributed by atoms with Crippen molar-refractivity contribution in [3.05, 3.63) is 41.8 Å². The second-order valence-electron chi connectivity index (χ2n) is 14.9. The number of hydrogen-bond acceptors (Lipinski definition) is 10. The van der Waals surface area contributed by atoms with E-state index in [0.29, 0.717) is 40.6 Å². The zero-order valence-corrected chi connectivity index (χ0v) is 31.0. The van der Waals surface area contributed by atoms with Crippen LogP contribution in [0, 0.1) is 5.92 Å². The highest BCUT2D eigenvalue weighted by molar-refractivity contribution is 7.13. The van der Waals surface area contributed by atoms with Gasteiger partial charge in [-0.3, -0.25) is 9.59 Å². The lowest BCUT2D eigenvalue weighted by molar-refractivity contribution is -0.153. The number of thiazole rings is 1. The third kappa shape index (κ3) is 7.75. The van der Waals surface area contributed by atoms with Crippen LogP contribution in [0.5, 0.6) is 11.5 Å². The molecule has 3 N–H and O–H groups in total. The van der Waals surface area contributed by atoms with Crippen LogP contribution < -0.4 is 20.1 Å². The molecule has 0 bridgehead atoms. The van der Waals surface area contributed by atoms with Crippen LogP contribution in [0.15, 0.2) is 41.8 Å². The number of hydrogen-bond donors (Lipinski definition) is 3. The second-order valence-corrected chi connectivity index (χ2v) is 15.7. The summed E-state index contributed by atoms with van der Waals surface area (Å²) in [6, 6.07) is 6.74. The molecule has 3 aromatic rings. The maximum absolute atomic E-state index is 14.5. The molecule has 2 aliphatic carbocycles. The number of methoxy groups -OCH3 is 1. The lowest BCUT2D eigenvalue weighted by Crippen LogP contribution is -2.54. The number of aromatic nitrogens is 2.